The van der Waals surface area contributed by atoms with E-state index in [0.717, 1.165) is 29.9 Å². The van der Waals surface area contributed by atoms with Crippen LogP contribution in [0.25, 0.3) is 0 Å². The van der Waals surface area contributed by atoms with Gasteiger partial charge >= 0.3 is 0 Å². The van der Waals surface area contributed by atoms with Crippen molar-refractivity contribution >= 4 is 11.8 Å². The van der Waals surface area contributed by atoms with Gasteiger partial charge in [-0.1, -0.05) is 18.2 Å². The molecule has 4 heteroatoms. The van der Waals surface area contributed by atoms with Gasteiger partial charge in [0.05, 0.1) is 13.2 Å². The van der Waals surface area contributed by atoms with Crippen molar-refractivity contribution in [1.82, 2.24) is 0 Å². The first-order chi connectivity index (χ1) is 9.27. The number of ether oxygens (including phenoxy) is 2. The third kappa shape index (κ3) is 3.81. The van der Waals surface area contributed by atoms with Crippen LogP contribution >= 0.6 is 11.8 Å². The molecule has 19 heavy (non-hydrogen) atoms. The number of thioether (sulfide) groups is 1. The zero-order chi connectivity index (χ0) is 13.6. The minimum Gasteiger partial charge on any atom is -0.343 e. The van der Waals surface area contributed by atoms with E-state index in [1.165, 1.54) is 12.1 Å². The van der Waals surface area contributed by atoms with Crippen LogP contribution in [0.15, 0.2) is 36.9 Å². The maximum absolute atomic E-state index is 13.0. The Bertz CT molecular complexity index is 399. The Morgan fingerprint density at radius 2 is 1.95 bits per heavy atom. The van der Waals surface area contributed by atoms with Gasteiger partial charge in [-0.05, 0) is 24.3 Å². The summed E-state index contributed by atoms with van der Waals surface area (Å²) in [7, 11) is 0. The summed E-state index contributed by atoms with van der Waals surface area (Å²) < 4.78 is 24.6. The molecule has 0 bridgehead atoms. The summed E-state index contributed by atoms with van der Waals surface area (Å²) in [6.07, 6.45) is 3.70. The van der Waals surface area contributed by atoms with E-state index >= 15 is 0 Å². The topological polar surface area (TPSA) is 18.5 Å². The Morgan fingerprint density at radius 3 is 2.58 bits per heavy atom. The van der Waals surface area contributed by atoms with Gasteiger partial charge in [-0.25, -0.2) is 4.39 Å². The standard InChI is InChI=1S/C15H19FO2S/c1-2-11-19-12-3-8-15(17-9-10-18-15)13-4-6-14(16)7-5-13/h2,4-7H,1,3,8-12H2. The van der Waals surface area contributed by atoms with Gasteiger partial charge < -0.3 is 9.47 Å². The van der Waals surface area contributed by atoms with Gasteiger partial charge in [-0.15, -0.1) is 6.58 Å². The summed E-state index contributed by atoms with van der Waals surface area (Å²) in [6.45, 7) is 4.89. The Kier molecular flexibility index (Phi) is 5.43. The number of hydrogen-bond acceptors (Lipinski definition) is 3. The maximum Gasteiger partial charge on any atom is 0.195 e. The molecule has 0 amide bonds. The van der Waals surface area contributed by atoms with Crippen LogP contribution in [-0.2, 0) is 15.3 Å². The van der Waals surface area contributed by atoms with Crippen molar-refractivity contribution in [2.24, 2.45) is 0 Å². The Balaban J connectivity index is 1.97. The van der Waals surface area contributed by atoms with Crippen molar-refractivity contribution < 1.29 is 13.9 Å². The normalized spacial score (nSPS) is 17.5. The van der Waals surface area contributed by atoms with Gasteiger partial charge in [0.1, 0.15) is 5.82 Å². The predicted molar refractivity (Wildman–Crippen MR) is 76.7 cm³/mol. The van der Waals surface area contributed by atoms with E-state index in [1.54, 1.807) is 12.1 Å². The SMILES string of the molecule is C=CCSCCCC1(c2ccc(F)cc2)OCCO1. The molecule has 0 atom stereocenters. The van der Waals surface area contributed by atoms with Crippen molar-refractivity contribution in [3.8, 4) is 0 Å². The van der Waals surface area contributed by atoms with Crippen molar-refractivity contribution in [1.29, 1.82) is 0 Å². The summed E-state index contributed by atoms with van der Waals surface area (Å²) in [4.78, 5) is 0. The highest BCUT2D eigenvalue weighted by Gasteiger charge is 2.37. The Morgan fingerprint density at radius 1 is 1.26 bits per heavy atom. The van der Waals surface area contributed by atoms with Gasteiger partial charge in [0.2, 0.25) is 0 Å². The van der Waals surface area contributed by atoms with E-state index in [2.05, 4.69) is 6.58 Å². The second kappa shape index (κ2) is 7.08. The number of halogens is 1. The van der Waals surface area contributed by atoms with Crippen LogP contribution in [0.1, 0.15) is 18.4 Å². The van der Waals surface area contributed by atoms with Crippen LogP contribution in [0.3, 0.4) is 0 Å². The van der Waals surface area contributed by atoms with E-state index in [-0.39, 0.29) is 5.82 Å². The molecule has 1 fully saturated rings. The monoisotopic (exact) mass is 282 g/mol. The molecular formula is C15H19FO2S. The molecule has 104 valence electrons. The minimum absolute atomic E-state index is 0.238. The molecule has 0 aromatic heterocycles. The summed E-state index contributed by atoms with van der Waals surface area (Å²) in [5, 5.41) is 0. The lowest BCUT2D eigenvalue weighted by atomic mass is 10.0. The zero-order valence-electron chi connectivity index (χ0n) is 10.9. The smallest absolute Gasteiger partial charge is 0.195 e. The predicted octanol–water partition coefficient (Wildman–Crippen LogP) is 3.72. The molecule has 0 N–H and O–H groups in total. The summed E-state index contributed by atoms with van der Waals surface area (Å²) >= 11 is 1.84. The van der Waals surface area contributed by atoms with Gasteiger partial charge in [-0.2, -0.15) is 11.8 Å². The molecule has 2 nitrogen and oxygen atoms in total. The fraction of sp³-hybridized carbons (Fsp3) is 0.467. The van der Waals surface area contributed by atoms with E-state index in [0.29, 0.717) is 13.2 Å². The molecule has 1 heterocycles. The molecule has 0 saturated carbocycles. The number of hydrogen-bond donors (Lipinski definition) is 0. The molecular weight excluding hydrogens is 263 g/mol. The second-order valence-corrected chi connectivity index (χ2v) is 5.57. The third-order valence-electron chi connectivity index (χ3n) is 3.07. The van der Waals surface area contributed by atoms with E-state index in [4.69, 9.17) is 9.47 Å². The first-order valence-corrected chi connectivity index (χ1v) is 7.65. The fourth-order valence-electron chi connectivity index (χ4n) is 2.19. The average Bonchev–Trinajstić information content (AvgIpc) is 2.89. The molecule has 1 aromatic carbocycles. The largest absolute Gasteiger partial charge is 0.343 e. The van der Waals surface area contributed by atoms with E-state index in [9.17, 15) is 4.39 Å². The molecule has 0 unspecified atom stereocenters. The lowest BCUT2D eigenvalue weighted by Gasteiger charge is -2.27. The van der Waals surface area contributed by atoms with Gasteiger partial charge in [0.25, 0.3) is 0 Å². The molecule has 0 aliphatic carbocycles. The average molecular weight is 282 g/mol. The van der Waals surface area contributed by atoms with Crippen LogP contribution in [0.4, 0.5) is 4.39 Å². The highest BCUT2D eigenvalue weighted by atomic mass is 32.2. The lowest BCUT2D eigenvalue weighted by molar-refractivity contribution is -0.170. The fourth-order valence-corrected chi connectivity index (χ4v) is 2.87. The molecule has 1 aliphatic heterocycles. The van der Waals surface area contributed by atoms with Crippen LogP contribution in [-0.4, -0.2) is 24.7 Å². The Hall–Kier alpha value is -0.840. The van der Waals surface area contributed by atoms with Crippen molar-refractivity contribution in [2.45, 2.75) is 18.6 Å². The first kappa shape index (κ1) is 14.6. The molecule has 2 rings (SSSR count). The highest BCUT2D eigenvalue weighted by molar-refractivity contribution is 7.99. The first-order valence-electron chi connectivity index (χ1n) is 6.49. The zero-order valence-corrected chi connectivity index (χ0v) is 11.8. The summed E-state index contributed by atoms with van der Waals surface area (Å²) in [6, 6.07) is 6.40. The van der Waals surface area contributed by atoms with Crippen LogP contribution in [0.5, 0.6) is 0 Å². The highest BCUT2D eigenvalue weighted by Crippen LogP contribution is 2.36. The van der Waals surface area contributed by atoms with Crippen molar-refractivity contribution in [3.63, 3.8) is 0 Å². The molecule has 1 aromatic rings. The number of benzene rings is 1. The molecule has 0 radical (unpaired) electrons. The van der Waals surface area contributed by atoms with Crippen LogP contribution < -0.4 is 0 Å². The van der Waals surface area contributed by atoms with Gasteiger partial charge in [-0.3, -0.25) is 0 Å². The Labute approximate surface area is 118 Å². The molecule has 0 spiro atoms. The third-order valence-corrected chi connectivity index (χ3v) is 4.12. The van der Waals surface area contributed by atoms with Crippen LogP contribution in [0, 0.1) is 5.82 Å². The summed E-state index contributed by atoms with van der Waals surface area (Å²) in [5.74, 6) is 1.09. The summed E-state index contributed by atoms with van der Waals surface area (Å²) in [5.41, 5.74) is 0.903. The minimum atomic E-state index is -0.678. The van der Waals surface area contributed by atoms with E-state index in [1.807, 2.05) is 17.8 Å². The van der Waals surface area contributed by atoms with Gasteiger partial charge in [0, 0.05) is 17.7 Å². The molecule has 1 aliphatic rings. The van der Waals surface area contributed by atoms with E-state index < -0.39 is 5.79 Å². The molecule has 1 saturated heterocycles. The quantitative estimate of drug-likeness (QED) is 0.561. The maximum atomic E-state index is 13.0. The number of rotatable bonds is 7. The van der Waals surface area contributed by atoms with Crippen molar-refractivity contribution in [3.05, 3.63) is 48.3 Å². The van der Waals surface area contributed by atoms with Crippen LogP contribution in [0.2, 0.25) is 0 Å². The lowest BCUT2D eigenvalue weighted by Crippen LogP contribution is -2.27. The van der Waals surface area contributed by atoms with Crippen molar-refractivity contribution in [2.75, 3.05) is 24.7 Å². The second-order valence-electron chi connectivity index (χ2n) is 4.42. The van der Waals surface area contributed by atoms with Gasteiger partial charge in [0.15, 0.2) is 5.79 Å².